The van der Waals surface area contributed by atoms with E-state index in [1.807, 2.05) is 19.1 Å². The molecular formula is C14H14BrF3N2S. The molecule has 2 nitrogen and oxygen atoms in total. The minimum absolute atomic E-state index is 0.160. The van der Waals surface area contributed by atoms with Gasteiger partial charge in [-0.05, 0) is 47.1 Å². The predicted octanol–water partition coefficient (Wildman–Crippen LogP) is 5.01. The highest BCUT2D eigenvalue weighted by Gasteiger charge is 2.35. The summed E-state index contributed by atoms with van der Waals surface area (Å²) in [6.45, 7) is 2.61. The molecule has 1 unspecified atom stereocenters. The zero-order valence-corrected chi connectivity index (χ0v) is 13.6. The van der Waals surface area contributed by atoms with Crippen LogP contribution in [0.5, 0.6) is 0 Å². The molecule has 0 aliphatic heterocycles. The molecule has 0 saturated heterocycles. The van der Waals surface area contributed by atoms with Gasteiger partial charge in [-0.2, -0.15) is 13.2 Å². The third-order valence-corrected chi connectivity index (χ3v) is 4.63. The Labute approximate surface area is 133 Å². The molecule has 2 rings (SSSR count). The molecule has 21 heavy (non-hydrogen) atoms. The Balaban J connectivity index is 2.46. The van der Waals surface area contributed by atoms with Gasteiger partial charge in [-0.25, -0.2) is 0 Å². The predicted molar refractivity (Wildman–Crippen MR) is 81.4 cm³/mol. The van der Waals surface area contributed by atoms with Crippen molar-refractivity contribution in [1.29, 1.82) is 0 Å². The topological polar surface area (TPSA) is 24.9 Å². The maximum atomic E-state index is 13.2. The lowest BCUT2D eigenvalue weighted by molar-refractivity contribution is -0.138. The number of thiophene rings is 1. The fourth-order valence-corrected chi connectivity index (χ4v) is 3.55. The van der Waals surface area contributed by atoms with Gasteiger partial charge in [-0.1, -0.05) is 6.92 Å². The van der Waals surface area contributed by atoms with Crippen molar-refractivity contribution in [2.24, 2.45) is 0 Å². The van der Waals surface area contributed by atoms with Gasteiger partial charge in [0.25, 0.3) is 0 Å². The van der Waals surface area contributed by atoms with Crippen molar-refractivity contribution >= 4 is 27.3 Å². The lowest BCUT2D eigenvalue weighted by atomic mass is 10.0. The van der Waals surface area contributed by atoms with Crippen molar-refractivity contribution in [2.75, 3.05) is 6.54 Å². The molecule has 1 atom stereocenters. The van der Waals surface area contributed by atoms with Crippen LogP contribution in [0.15, 0.2) is 34.4 Å². The van der Waals surface area contributed by atoms with Crippen molar-refractivity contribution in [3.05, 3.63) is 50.4 Å². The van der Waals surface area contributed by atoms with Crippen LogP contribution in [0.2, 0.25) is 0 Å². The molecule has 2 aromatic heterocycles. The van der Waals surface area contributed by atoms with Crippen LogP contribution in [0.25, 0.3) is 0 Å². The zero-order valence-electron chi connectivity index (χ0n) is 11.2. The molecule has 0 aliphatic carbocycles. The van der Waals surface area contributed by atoms with Gasteiger partial charge in [0.2, 0.25) is 0 Å². The van der Waals surface area contributed by atoms with E-state index in [-0.39, 0.29) is 5.56 Å². The van der Waals surface area contributed by atoms with Crippen molar-refractivity contribution in [3.8, 4) is 0 Å². The quantitative estimate of drug-likeness (QED) is 0.790. The second-order valence-electron chi connectivity index (χ2n) is 4.49. The van der Waals surface area contributed by atoms with E-state index in [0.29, 0.717) is 6.54 Å². The summed E-state index contributed by atoms with van der Waals surface area (Å²) in [4.78, 5) is 4.70. The Morgan fingerprint density at radius 2 is 2.10 bits per heavy atom. The molecule has 2 aromatic rings. The zero-order chi connectivity index (χ0) is 15.5. The number of alkyl halides is 3. The average molecular weight is 379 g/mol. The van der Waals surface area contributed by atoms with Crippen molar-refractivity contribution < 1.29 is 13.2 Å². The summed E-state index contributed by atoms with van der Waals surface area (Å²) < 4.78 is 40.5. The Morgan fingerprint density at radius 3 is 2.67 bits per heavy atom. The van der Waals surface area contributed by atoms with Gasteiger partial charge < -0.3 is 5.32 Å². The summed E-state index contributed by atoms with van der Waals surface area (Å²) in [6, 6.07) is 4.18. The maximum absolute atomic E-state index is 13.2. The molecule has 0 aromatic carbocycles. The lowest BCUT2D eigenvalue weighted by Gasteiger charge is -2.21. The Kier molecular flexibility index (Phi) is 5.40. The SMILES string of the molecule is CCCNC(c1ccc(Br)s1)c1cnccc1C(F)(F)F. The van der Waals surface area contributed by atoms with Crippen molar-refractivity contribution in [1.82, 2.24) is 10.3 Å². The fraction of sp³-hybridized carbons (Fsp3) is 0.357. The third-order valence-electron chi connectivity index (χ3n) is 2.95. The van der Waals surface area contributed by atoms with E-state index in [2.05, 4.69) is 26.2 Å². The van der Waals surface area contributed by atoms with Crippen LogP contribution >= 0.6 is 27.3 Å². The summed E-state index contributed by atoms with van der Waals surface area (Å²) >= 11 is 4.77. The Morgan fingerprint density at radius 1 is 1.33 bits per heavy atom. The molecule has 7 heteroatoms. The number of halogens is 4. The number of aromatic nitrogens is 1. The second-order valence-corrected chi connectivity index (χ2v) is 6.98. The summed E-state index contributed by atoms with van der Waals surface area (Å²) in [7, 11) is 0. The van der Waals surface area contributed by atoms with Crippen LogP contribution in [-0.4, -0.2) is 11.5 Å². The minimum atomic E-state index is -4.39. The first kappa shape index (κ1) is 16.5. The molecule has 0 spiro atoms. The molecular weight excluding hydrogens is 365 g/mol. The normalized spacial score (nSPS) is 13.4. The summed E-state index contributed by atoms with van der Waals surface area (Å²) in [5.41, 5.74) is -0.483. The number of nitrogens with one attached hydrogen (secondary N) is 1. The maximum Gasteiger partial charge on any atom is 0.416 e. The van der Waals surface area contributed by atoms with Crippen LogP contribution in [0.3, 0.4) is 0 Å². The first-order valence-electron chi connectivity index (χ1n) is 6.43. The monoisotopic (exact) mass is 378 g/mol. The van der Waals surface area contributed by atoms with Gasteiger partial charge in [-0.3, -0.25) is 4.98 Å². The third kappa shape index (κ3) is 4.05. The minimum Gasteiger partial charge on any atom is -0.306 e. The van der Waals surface area contributed by atoms with Crippen LogP contribution in [0.4, 0.5) is 13.2 Å². The van der Waals surface area contributed by atoms with Crippen LogP contribution in [0, 0.1) is 0 Å². The Hall–Kier alpha value is -0.920. The first-order valence-corrected chi connectivity index (χ1v) is 8.04. The second kappa shape index (κ2) is 6.89. The molecule has 114 valence electrons. The summed E-state index contributed by atoms with van der Waals surface area (Å²) in [5, 5.41) is 3.18. The molecule has 0 saturated carbocycles. The van der Waals surface area contributed by atoms with Crippen LogP contribution in [0.1, 0.15) is 35.4 Å². The average Bonchev–Trinajstić information content (AvgIpc) is 2.85. The molecule has 2 heterocycles. The van der Waals surface area contributed by atoms with Gasteiger partial charge in [0, 0.05) is 22.8 Å². The van der Waals surface area contributed by atoms with Crippen LogP contribution < -0.4 is 5.32 Å². The van der Waals surface area contributed by atoms with E-state index in [9.17, 15) is 13.2 Å². The van der Waals surface area contributed by atoms with E-state index in [1.54, 1.807) is 0 Å². The van der Waals surface area contributed by atoms with Crippen molar-refractivity contribution in [2.45, 2.75) is 25.6 Å². The molecule has 0 fully saturated rings. The van der Waals surface area contributed by atoms with Gasteiger partial charge in [0.05, 0.1) is 15.4 Å². The molecule has 0 bridgehead atoms. The van der Waals surface area contributed by atoms with E-state index in [1.165, 1.54) is 23.7 Å². The van der Waals surface area contributed by atoms with Crippen molar-refractivity contribution in [3.63, 3.8) is 0 Å². The first-order chi connectivity index (χ1) is 9.93. The Bertz CT molecular complexity index is 598. The van der Waals surface area contributed by atoms with Gasteiger partial charge in [0.15, 0.2) is 0 Å². The van der Waals surface area contributed by atoms with Gasteiger partial charge in [0.1, 0.15) is 0 Å². The highest BCUT2D eigenvalue weighted by atomic mass is 79.9. The highest BCUT2D eigenvalue weighted by molar-refractivity contribution is 9.11. The standard InChI is InChI=1S/C14H14BrF3N2S/c1-2-6-20-13(11-3-4-12(15)21-11)9-8-19-7-5-10(9)14(16,17)18/h3-5,7-8,13,20H,2,6H2,1H3. The smallest absolute Gasteiger partial charge is 0.306 e. The van der Waals surface area contributed by atoms with Crippen LogP contribution in [-0.2, 0) is 6.18 Å². The number of hydrogen-bond donors (Lipinski definition) is 1. The number of pyridine rings is 1. The lowest BCUT2D eigenvalue weighted by Crippen LogP contribution is -2.25. The van der Waals surface area contributed by atoms with E-state index in [0.717, 1.165) is 21.2 Å². The highest BCUT2D eigenvalue weighted by Crippen LogP contribution is 2.38. The van der Waals surface area contributed by atoms with E-state index < -0.39 is 17.8 Å². The van der Waals surface area contributed by atoms with Gasteiger partial charge >= 0.3 is 6.18 Å². The van der Waals surface area contributed by atoms with Gasteiger partial charge in [-0.15, -0.1) is 11.3 Å². The molecule has 1 N–H and O–H groups in total. The largest absolute Gasteiger partial charge is 0.416 e. The molecule has 0 radical (unpaired) electrons. The number of rotatable bonds is 5. The fourth-order valence-electron chi connectivity index (χ4n) is 2.03. The van der Waals surface area contributed by atoms with E-state index in [4.69, 9.17) is 0 Å². The molecule has 0 amide bonds. The van der Waals surface area contributed by atoms with E-state index >= 15 is 0 Å². The number of hydrogen-bond acceptors (Lipinski definition) is 3. The molecule has 0 aliphatic rings. The summed E-state index contributed by atoms with van der Waals surface area (Å²) in [6.07, 6.45) is -1.08. The number of nitrogens with zero attached hydrogens (tertiary/aromatic N) is 1. The summed E-state index contributed by atoms with van der Waals surface area (Å²) in [5.74, 6) is 0.